The fourth-order valence-corrected chi connectivity index (χ4v) is 3.48. The van der Waals surface area contributed by atoms with Gasteiger partial charge in [0.05, 0.1) is 0 Å². The number of rotatable bonds is 6. The number of halogens is 2. The normalized spacial score (nSPS) is 14.8. The van der Waals surface area contributed by atoms with Crippen LogP contribution in [0.25, 0.3) is 0 Å². The van der Waals surface area contributed by atoms with Gasteiger partial charge in [-0.25, -0.2) is 9.37 Å². The Bertz CT molecular complexity index is 733. The SMILES string of the molecule is O=C(COc1cccnc1Cl)N(Cc1ccc(F)cc1)C1CCCCC1. The number of amides is 1. The van der Waals surface area contributed by atoms with E-state index in [1.165, 1.54) is 18.6 Å². The summed E-state index contributed by atoms with van der Waals surface area (Å²) < 4.78 is 18.7. The molecule has 4 nitrogen and oxygen atoms in total. The van der Waals surface area contributed by atoms with Crippen LogP contribution in [0.5, 0.6) is 5.75 Å². The molecule has 0 bridgehead atoms. The summed E-state index contributed by atoms with van der Waals surface area (Å²) in [5, 5.41) is 0.239. The lowest BCUT2D eigenvalue weighted by atomic mass is 9.93. The molecule has 1 saturated carbocycles. The molecule has 1 amide bonds. The molecule has 0 saturated heterocycles. The monoisotopic (exact) mass is 376 g/mol. The van der Waals surface area contributed by atoms with E-state index in [4.69, 9.17) is 16.3 Å². The van der Waals surface area contributed by atoms with E-state index < -0.39 is 0 Å². The van der Waals surface area contributed by atoms with Gasteiger partial charge in [-0.15, -0.1) is 0 Å². The number of benzene rings is 1. The molecule has 0 N–H and O–H groups in total. The largest absolute Gasteiger partial charge is 0.481 e. The smallest absolute Gasteiger partial charge is 0.261 e. The molecule has 1 heterocycles. The van der Waals surface area contributed by atoms with Gasteiger partial charge in [-0.2, -0.15) is 0 Å². The Hall–Kier alpha value is -2.14. The number of carbonyl (C=O) groups excluding carboxylic acids is 1. The summed E-state index contributed by atoms with van der Waals surface area (Å²) in [7, 11) is 0. The van der Waals surface area contributed by atoms with Crippen molar-refractivity contribution in [1.29, 1.82) is 0 Å². The van der Waals surface area contributed by atoms with Crippen molar-refractivity contribution in [2.45, 2.75) is 44.7 Å². The summed E-state index contributed by atoms with van der Waals surface area (Å²) in [6.45, 7) is 0.358. The van der Waals surface area contributed by atoms with Crippen LogP contribution in [0.15, 0.2) is 42.6 Å². The fourth-order valence-electron chi connectivity index (χ4n) is 3.30. The third-order valence-electron chi connectivity index (χ3n) is 4.68. The molecule has 3 rings (SSSR count). The van der Waals surface area contributed by atoms with E-state index in [0.717, 1.165) is 31.2 Å². The number of aromatic nitrogens is 1. The lowest BCUT2D eigenvalue weighted by Gasteiger charge is -2.34. The minimum absolute atomic E-state index is 0.0941. The molecule has 1 aliphatic rings. The number of carbonyl (C=O) groups is 1. The minimum atomic E-state index is -0.279. The van der Waals surface area contributed by atoms with Crippen LogP contribution >= 0.6 is 11.6 Å². The predicted molar refractivity (Wildman–Crippen MR) is 98.6 cm³/mol. The molecular formula is C20H22ClFN2O2. The fraction of sp³-hybridized carbons (Fsp3) is 0.400. The first-order valence-electron chi connectivity index (χ1n) is 8.91. The Morgan fingerprint density at radius 1 is 1.19 bits per heavy atom. The summed E-state index contributed by atoms with van der Waals surface area (Å²) in [5.74, 6) is 0.0212. The van der Waals surface area contributed by atoms with Gasteiger partial charge in [0.1, 0.15) is 5.82 Å². The molecule has 2 aromatic rings. The van der Waals surface area contributed by atoms with E-state index in [1.807, 2.05) is 4.90 Å². The van der Waals surface area contributed by atoms with Crippen molar-refractivity contribution in [3.05, 3.63) is 59.1 Å². The molecular weight excluding hydrogens is 355 g/mol. The Balaban J connectivity index is 1.70. The van der Waals surface area contributed by atoms with Gasteiger partial charge in [0, 0.05) is 18.8 Å². The second-order valence-electron chi connectivity index (χ2n) is 6.52. The van der Waals surface area contributed by atoms with Crippen molar-refractivity contribution < 1.29 is 13.9 Å². The van der Waals surface area contributed by atoms with E-state index >= 15 is 0 Å². The lowest BCUT2D eigenvalue weighted by Crippen LogP contribution is -2.43. The third-order valence-corrected chi connectivity index (χ3v) is 4.96. The highest BCUT2D eigenvalue weighted by Crippen LogP contribution is 2.25. The summed E-state index contributed by atoms with van der Waals surface area (Å²) in [6.07, 6.45) is 6.98. The van der Waals surface area contributed by atoms with Gasteiger partial charge >= 0.3 is 0 Å². The second kappa shape index (κ2) is 8.99. The molecule has 0 spiro atoms. The Labute approximate surface area is 157 Å². The minimum Gasteiger partial charge on any atom is -0.481 e. The maximum absolute atomic E-state index is 13.2. The highest BCUT2D eigenvalue weighted by molar-refractivity contribution is 6.30. The van der Waals surface area contributed by atoms with Gasteiger partial charge in [-0.1, -0.05) is 43.0 Å². The zero-order valence-corrected chi connectivity index (χ0v) is 15.3. The number of nitrogens with zero attached hydrogens (tertiary/aromatic N) is 2. The first-order valence-corrected chi connectivity index (χ1v) is 9.28. The van der Waals surface area contributed by atoms with Crippen molar-refractivity contribution >= 4 is 17.5 Å². The molecule has 138 valence electrons. The van der Waals surface area contributed by atoms with Crippen LogP contribution in [-0.4, -0.2) is 28.4 Å². The van der Waals surface area contributed by atoms with E-state index in [0.29, 0.717) is 12.3 Å². The number of ether oxygens (including phenoxy) is 1. The van der Waals surface area contributed by atoms with E-state index in [2.05, 4.69) is 4.98 Å². The molecule has 6 heteroatoms. The zero-order chi connectivity index (χ0) is 18.4. The van der Waals surface area contributed by atoms with Crippen molar-refractivity contribution in [3.63, 3.8) is 0 Å². The highest BCUT2D eigenvalue weighted by Gasteiger charge is 2.26. The summed E-state index contributed by atoms with van der Waals surface area (Å²) in [5.41, 5.74) is 0.907. The number of hydrogen-bond acceptors (Lipinski definition) is 3. The third kappa shape index (κ3) is 4.94. The second-order valence-corrected chi connectivity index (χ2v) is 6.88. The Morgan fingerprint density at radius 2 is 1.92 bits per heavy atom. The van der Waals surface area contributed by atoms with Crippen molar-refractivity contribution in [2.24, 2.45) is 0 Å². The summed E-state index contributed by atoms with van der Waals surface area (Å²) in [6, 6.07) is 9.87. The van der Waals surface area contributed by atoms with Gasteiger partial charge in [0.2, 0.25) is 0 Å². The standard InChI is InChI=1S/C20H22ClFN2O2/c21-20-18(7-4-12-23-20)26-14-19(25)24(17-5-2-1-3-6-17)13-15-8-10-16(22)11-9-15/h4,7-12,17H,1-3,5-6,13-14H2. The molecule has 1 aromatic carbocycles. The van der Waals surface area contributed by atoms with Crippen LogP contribution in [0.3, 0.4) is 0 Å². The number of hydrogen-bond donors (Lipinski definition) is 0. The van der Waals surface area contributed by atoms with Crippen molar-refractivity contribution in [3.8, 4) is 5.75 Å². The van der Waals surface area contributed by atoms with E-state index in [-0.39, 0.29) is 29.5 Å². The van der Waals surface area contributed by atoms with Gasteiger partial charge in [-0.05, 0) is 42.7 Å². The molecule has 1 fully saturated rings. The molecule has 0 atom stereocenters. The highest BCUT2D eigenvalue weighted by atomic mass is 35.5. The topological polar surface area (TPSA) is 42.4 Å². The van der Waals surface area contributed by atoms with Crippen molar-refractivity contribution in [1.82, 2.24) is 9.88 Å². The summed E-state index contributed by atoms with van der Waals surface area (Å²) >= 11 is 5.98. The average molecular weight is 377 g/mol. The molecule has 1 aliphatic carbocycles. The van der Waals surface area contributed by atoms with Crippen LogP contribution in [0.2, 0.25) is 5.15 Å². The van der Waals surface area contributed by atoms with Crippen LogP contribution in [0, 0.1) is 5.82 Å². The lowest BCUT2D eigenvalue weighted by molar-refractivity contribution is -0.137. The van der Waals surface area contributed by atoms with Crippen LogP contribution < -0.4 is 4.74 Å². The van der Waals surface area contributed by atoms with Gasteiger partial charge in [0.25, 0.3) is 5.91 Å². The van der Waals surface area contributed by atoms with Crippen LogP contribution in [0.1, 0.15) is 37.7 Å². The van der Waals surface area contributed by atoms with Gasteiger partial charge in [0.15, 0.2) is 17.5 Å². The van der Waals surface area contributed by atoms with E-state index in [9.17, 15) is 9.18 Å². The van der Waals surface area contributed by atoms with Crippen LogP contribution in [0.4, 0.5) is 4.39 Å². The number of pyridine rings is 1. The zero-order valence-electron chi connectivity index (χ0n) is 14.5. The van der Waals surface area contributed by atoms with Crippen LogP contribution in [-0.2, 0) is 11.3 Å². The molecule has 26 heavy (non-hydrogen) atoms. The first-order chi connectivity index (χ1) is 12.6. The maximum atomic E-state index is 13.2. The Kier molecular flexibility index (Phi) is 6.45. The quantitative estimate of drug-likeness (QED) is 0.691. The van der Waals surface area contributed by atoms with E-state index in [1.54, 1.807) is 30.5 Å². The first kappa shape index (κ1) is 18.6. The predicted octanol–water partition coefficient (Wildman–Crippen LogP) is 4.61. The Morgan fingerprint density at radius 3 is 2.62 bits per heavy atom. The average Bonchev–Trinajstić information content (AvgIpc) is 2.67. The summed E-state index contributed by atoms with van der Waals surface area (Å²) in [4.78, 5) is 18.7. The van der Waals surface area contributed by atoms with Gasteiger partial charge < -0.3 is 9.64 Å². The molecule has 0 unspecified atom stereocenters. The molecule has 1 aromatic heterocycles. The molecule has 0 aliphatic heterocycles. The molecule has 0 radical (unpaired) electrons. The maximum Gasteiger partial charge on any atom is 0.261 e. The van der Waals surface area contributed by atoms with Gasteiger partial charge in [-0.3, -0.25) is 4.79 Å². The van der Waals surface area contributed by atoms with Crippen molar-refractivity contribution in [2.75, 3.05) is 6.61 Å².